The molecule has 0 bridgehead atoms. The van der Waals surface area contributed by atoms with Gasteiger partial charge in [-0.2, -0.15) is 0 Å². The molecule has 0 spiro atoms. The number of rotatable bonds is 3. The van der Waals surface area contributed by atoms with Gasteiger partial charge in [0.1, 0.15) is 5.82 Å². The molecule has 0 saturated carbocycles. The van der Waals surface area contributed by atoms with Gasteiger partial charge in [-0.1, -0.05) is 30.3 Å². The number of hydrogen-bond donors (Lipinski definition) is 1. The summed E-state index contributed by atoms with van der Waals surface area (Å²) in [6.45, 7) is 3.40. The molecule has 1 atom stereocenters. The Kier molecular flexibility index (Phi) is 4.26. The van der Waals surface area contributed by atoms with Crippen LogP contribution in [-0.2, 0) is 24.2 Å². The fourth-order valence-corrected chi connectivity index (χ4v) is 3.50. The Labute approximate surface area is 142 Å². The van der Waals surface area contributed by atoms with Crippen LogP contribution >= 0.6 is 0 Å². The lowest BCUT2D eigenvalue weighted by molar-refractivity contribution is -0.131. The molecule has 1 N–H and O–H groups in total. The van der Waals surface area contributed by atoms with E-state index < -0.39 is 0 Å². The zero-order valence-electron chi connectivity index (χ0n) is 13.7. The Morgan fingerprint density at radius 3 is 2.96 bits per heavy atom. The topological polar surface area (TPSA) is 58.1 Å². The van der Waals surface area contributed by atoms with Crippen LogP contribution < -0.4 is 5.32 Å². The van der Waals surface area contributed by atoms with Crippen LogP contribution in [0.3, 0.4) is 0 Å². The van der Waals surface area contributed by atoms with Gasteiger partial charge in [-0.3, -0.25) is 4.79 Å². The van der Waals surface area contributed by atoms with Crippen molar-refractivity contribution in [2.24, 2.45) is 0 Å². The Hall–Kier alpha value is -2.27. The van der Waals surface area contributed by atoms with E-state index in [-0.39, 0.29) is 5.91 Å². The van der Waals surface area contributed by atoms with E-state index in [9.17, 15) is 4.79 Å². The molecule has 1 amide bonds. The minimum absolute atomic E-state index is 0.177. The van der Waals surface area contributed by atoms with Gasteiger partial charge in [-0.05, 0) is 18.5 Å². The maximum atomic E-state index is 12.5. The second-order valence-electron chi connectivity index (χ2n) is 6.62. The standard InChI is InChI=1S/C19H22N4O/c24-18(10-14-4-2-1-3-5-14)23-9-7-17-16(13-23)12-21-19(22-17)15-6-8-20-11-15/h1-5,12,15,20H,6-11,13H2. The fourth-order valence-electron chi connectivity index (χ4n) is 3.50. The number of carbonyl (C=O) groups is 1. The first kappa shape index (κ1) is 15.3. The van der Waals surface area contributed by atoms with Crippen molar-refractivity contribution in [3.8, 4) is 0 Å². The van der Waals surface area contributed by atoms with Crippen molar-refractivity contribution in [2.45, 2.75) is 31.7 Å². The minimum Gasteiger partial charge on any atom is -0.338 e. The van der Waals surface area contributed by atoms with Gasteiger partial charge in [0.15, 0.2) is 0 Å². The summed E-state index contributed by atoms with van der Waals surface area (Å²) < 4.78 is 0. The lowest BCUT2D eigenvalue weighted by atomic mass is 10.0. The van der Waals surface area contributed by atoms with Crippen LogP contribution in [0.25, 0.3) is 0 Å². The smallest absolute Gasteiger partial charge is 0.227 e. The van der Waals surface area contributed by atoms with E-state index in [2.05, 4.69) is 10.3 Å². The van der Waals surface area contributed by atoms with Crippen LogP contribution in [0.4, 0.5) is 0 Å². The summed E-state index contributed by atoms with van der Waals surface area (Å²) in [6.07, 6.45) is 4.33. The van der Waals surface area contributed by atoms with E-state index in [1.807, 2.05) is 41.4 Å². The summed E-state index contributed by atoms with van der Waals surface area (Å²) in [7, 11) is 0. The predicted molar refractivity (Wildman–Crippen MR) is 91.5 cm³/mol. The van der Waals surface area contributed by atoms with Crippen LogP contribution in [-0.4, -0.2) is 40.4 Å². The molecule has 1 aromatic heterocycles. The molecular formula is C19H22N4O. The van der Waals surface area contributed by atoms with Crippen LogP contribution in [0.15, 0.2) is 36.5 Å². The minimum atomic E-state index is 0.177. The molecule has 24 heavy (non-hydrogen) atoms. The molecular weight excluding hydrogens is 300 g/mol. The molecule has 2 aromatic rings. The fraction of sp³-hybridized carbons (Fsp3) is 0.421. The molecule has 1 fully saturated rings. The van der Waals surface area contributed by atoms with E-state index in [1.165, 1.54) is 0 Å². The number of hydrogen-bond acceptors (Lipinski definition) is 4. The van der Waals surface area contributed by atoms with E-state index in [1.54, 1.807) is 0 Å². The van der Waals surface area contributed by atoms with Crippen molar-refractivity contribution in [2.75, 3.05) is 19.6 Å². The zero-order valence-corrected chi connectivity index (χ0v) is 13.7. The van der Waals surface area contributed by atoms with Crippen molar-refractivity contribution in [3.63, 3.8) is 0 Å². The summed E-state index contributed by atoms with van der Waals surface area (Å²) in [4.78, 5) is 23.8. The van der Waals surface area contributed by atoms with Crippen LogP contribution in [0.2, 0.25) is 0 Å². The molecule has 124 valence electrons. The predicted octanol–water partition coefficient (Wildman–Crippen LogP) is 1.68. The van der Waals surface area contributed by atoms with E-state index in [0.29, 0.717) is 18.9 Å². The van der Waals surface area contributed by atoms with Gasteiger partial charge in [-0.15, -0.1) is 0 Å². The first-order valence-corrected chi connectivity index (χ1v) is 8.67. The summed E-state index contributed by atoms with van der Waals surface area (Å²) in [6, 6.07) is 9.92. The van der Waals surface area contributed by atoms with Crippen molar-refractivity contribution < 1.29 is 4.79 Å². The molecule has 1 saturated heterocycles. The van der Waals surface area contributed by atoms with Gasteiger partial charge in [-0.25, -0.2) is 9.97 Å². The van der Waals surface area contributed by atoms with Crippen LogP contribution in [0.1, 0.15) is 35.0 Å². The van der Waals surface area contributed by atoms with Crippen molar-refractivity contribution in [1.29, 1.82) is 0 Å². The number of fused-ring (bicyclic) bond motifs is 1. The maximum absolute atomic E-state index is 12.5. The monoisotopic (exact) mass is 322 g/mol. The van der Waals surface area contributed by atoms with Gasteiger partial charge < -0.3 is 10.2 Å². The second-order valence-corrected chi connectivity index (χ2v) is 6.62. The van der Waals surface area contributed by atoms with Gasteiger partial charge in [0.05, 0.1) is 12.1 Å². The molecule has 5 nitrogen and oxygen atoms in total. The van der Waals surface area contributed by atoms with E-state index >= 15 is 0 Å². The quantitative estimate of drug-likeness (QED) is 0.934. The number of amides is 1. The Morgan fingerprint density at radius 1 is 1.29 bits per heavy atom. The van der Waals surface area contributed by atoms with E-state index in [0.717, 1.165) is 55.1 Å². The number of benzene rings is 1. The summed E-state index contributed by atoms with van der Waals surface area (Å²) in [5.41, 5.74) is 3.28. The largest absolute Gasteiger partial charge is 0.338 e. The van der Waals surface area contributed by atoms with Crippen LogP contribution in [0, 0.1) is 0 Å². The molecule has 5 heteroatoms. The first-order valence-electron chi connectivity index (χ1n) is 8.67. The lowest BCUT2D eigenvalue weighted by Crippen LogP contribution is -2.37. The van der Waals surface area contributed by atoms with Crippen molar-refractivity contribution in [3.05, 3.63) is 59.2 Å². The highest BCUT2D eigenvalue weighted by Crippen LogP contribution is 2.23. The summed E-state index contributed by atoms with van der Waals surface area (Å²) in [5.74, 6) is 1.58. The van der Waals surface area contributed by atoms with Gasteiger partial charge in [0.2, 0.25) is 5.91 Å². The lowest BCUT2D eigenvalue weighted by Gasteiger charge is -2.28. The normalized spacial score (nSPS) is 20.0. The highest BCUT2D eigenvalue weighted by Gasteiger charge is 2.25. The highest BCUT2D eigenvalue weighted by molar-refractivity contribution is 5.79. The summed E-state index contributed by atoms with van der Waals surface area (Å²) in [5, 5.41) is 3.36. The van der Waals surface area contributed by atoms with Gasteiger partial charge in [0.25, 0.3) is 0 Å². The average Bonchev–Trinajstić information content (AvgIpc) is 3.16. The molecule has 0 radical (unpaired) electrons. The molecule has 2 aliphatic rings. The third kappa shape index (κ3) is 3.17. The first-order chi connectivity index (χ1) is 11.8. The van der Waals surface area contributed by atoms with Crippen molar-refractivity contribution >= 4 is 5.91 Å². The highest BCUT2D eigenvalue weighted by atomic mass is 16.2. The maximum Gasteiger partial charge on any atom is 0.227 e. The molecule has 0 aliphatic carbocycles. The Morgan fingerprint density at radius 2 is 2.17 bits per heavy atom. The third-order valence-corrected chi connectivity index (χ3v) is 4.93. The summed E-state index contributed by atoms with van der Waals surface area (Å²) >= 11 is 0. The number of nitrogens with one attached hydrogen (secondary N) is 1. The average molecular weight is 322 g/mol. The Balaban J connectivity index is 1.44. The SMILES string of the molecule is O=C(Cc1ccccc1)N1CCc2nc(C3CCNC3)ncc2C1. The molecule has 4 rings (SSSR count). The number of nitrogens with zero attached hydrogens (tertiary/aromatic N) is 3. The molecule has 1 unspecified atom stereocenters. The third-order valence-electron chi connectivity index (χ3n) is 4.93. The molecule has 3 heterocycles. The van der Waals surface area contributed by atoms with Crippen LogP contribution in [0.5, 0.6) is 0 Å². The van der Waals surface area contributed by atoms with Gasteiger partial charge >= 0.3 is 0 Å². The molecule has 2 aliphatic heterocycles. The van der Waals surface area contributed by atoms with Gasteiger partial charge in [0, 0.05) is 43.7 Å². The number of carbonyl (C=O) groups excluding carboxylic acids is 1. The molecule has 1 aromatic carbocycles. The zero-order chi connectivity index (χ0) is 16.4. The Bertz CT molecular complexity index is 725. The second kappa shape index (κ2) is 6.69. The van der Waals surface area contributed by atoms with Crippen molar-refractivity contribution in [1.82, 2.24) is 20.2 Å². The van der Waals surface area contributed by atoms with E-state index in [4.69, 9.17) is 4.98 Å². The number of aromatic nitrogens is 2.